The average molecular weight is 488 g/mol. The number of hydrogen-bond acceptors (Lipinski definition) is 7. The number of carbonyl (C=O) groups excluding carboxylic acids is 2. The van der Waals surface area contributed by atoms with Crippen molar-refractivity contribution in [3.05, 3.63) is 105 Å². The zero-order valence-electron chi connectivity index (χ0n) is 19.8. The number of likely N-dealkylation sites (tertiary alicyclic amines) is 1. The number of amides is 1. The molecule has 4 rings (SSSR count). The summed E-state index contributed by atoms with van der Waals surface area (Å²) in [6, 6.07) is 14.7. The lowest BCUT2D eigenvalue weighted by atomic mass is 9.95. The van der Waals surface area contributed by atoms with Gasteiger partial charge < -0.3 is 14.7 Å². The molecule has 0 saturated carbocycles. The summed E-state index contributed by atoms with van der Waals surface area (Å²) in [5.41, 5.74) is 1.00. The first-order chi connectivity index (χ1) is 17.3. The SMILES string of the molecule is CC(C)COc1ccc(C(O)=C2C(=O)C(=O)N(Cc3cccnc3)[C@@H]2c2cccc([N+](=O)[O-])c2)cc1. The molecule has 9 heteroatoms. The molecule has 3 aromatic rings. The van der Waals surface area contributed by atoms with Crippen molar-refractivity contribution in [2.45, 2.75) is 26.4 Å². The van der Waals surface area contributed by atoms with Crippen LogP contribution in [0.5, 0.6) is 5.75 Å². The predicted octanol–water partition coefficient (Wildman–Crippen LogP) is 4.65. The van der Waals surface area contributed by atoms with E-state index in [2.05, 4.69) is 4.98 Å². The first-order valence-electron chi connectivity index (χ1n) is 11.4. The number of nitro benzene ring substituents is 1. The van der Waals surface area contributed by atoms with Gasteiger partial charge in [0.15, 0.2) is 0 Å². The van der Waals surface area contributed by atoms with Crippen molar-refractivity contribution in [3.63, 3.8) is 0 Å². The van der Waals surface area contributed by atoms with Crippen LogP contribution in [-0.2, 0) is 16.1 Å². The molecule has 184 valence electrons. The second kappa shape index (κ2) is 10.4. The van der Waals surface area contributed by atoms with E-state index in [1.165, 1.54) is 23.1 Å². The molecule has 2 aromatic carbocycles. The number of pyridine rings is 1. The van der Waals surface area contributed by atoms with Gasteiger partial charge in [-0.25, -0.2) is 0 Å². The molecule has 1 aromatic heterocycles. The van der Waals surface area contributed by atoms with Gasteiger partial charge in [-0.1, -0.05) is 32.0 Å². The minimum Gasteiger partial charge on any atom is -0.507 e. The molecule has 1 aliphatic heterocycles. The maximum Gasteiger partial charge on any atom is 0.295 e. The molecular weight excluding hydrogens is 462 g/mol. The zero-order valence-corrected chi connectivity index (χ0v) is 19.8. The molecule has 0 radical (unpaired) electrons. The molecule has 1 saturated heterocycles. The fraction of sp³-hybridized carbons (Fsp3) is 0.222. The Bertz CT molecular complexity index is 1320. The largest absolute Gasteiger partial charge is 0.507 e. The topological polar surface area (TPSA) is 123 Å². The first-order valence-corrected chi connectivity index (χ1v) is 11.4. The van der Waals surface area contributed by atoms with E-state index in [1.807, 2.05) is 13.8 Å². The highest BCUT2D eigenvalue weighted by molar-refractivity contribution is 6.46. The number of rotatable bonds is 8. The van der Waals surface area contributed by atoms with Gasteiger partial charge in [-0.15, -0.1) is 0 Å². The molecule has 1 N–H and O–H groups in total. The van der Waals surface area contributed by atoms with E-state index in [4.69, 9.17) is 4.74 Å². The van der Waals surface area contributed by atoms with Gasteiger partial charge in [0.2, 0.25) is 0 Å². The number of carbonyl (C=O) groups is 2. The molecule has 1 amide bonds. The fourth-order valence-corrected chi connectivity index (χ4v) is 4.01. The summed E-state index contributed by atoms with van der Waals surface area (Å²) in [6.45, 7) is 4.61. The highest BCUT2D eigenvalue weighted by atomic mass is 16.6. The summed E-state index contributed by atoms with van der Waals surface area (Å²) in [4.78, 5) is 42.5. The number of hydrogen-bond donors (Lipinski definition) is 1. The van der Waals surface area contributed by atoms with Crippen LogP contribution in [0.3, 0.4) is 0 Å². The molecule has 1 atom stereocenters. The number of ether oxygens (including phenoxy) is 1. The number of nitro groups is 1. The lowest BCUT2D eigenvalue weighted by Crippen LogP contribution is -2.29. The van der Waals surface area contributed by atoms with Crippen LogP contribution in [0.15, 0.2) is 78.6 Å². The molecule has 2 heterocycles. The average Bonchev–Trinajstić information content (AvgIpc) is 3.13. The van der Waals surface area contributed by atoms with Crippen LogP contribution in [0.4, 0.5) is 5.69 Å². The van der Waals surface area contributed by atoms with Crippen LogP contribution in [0.25, 0.3) is 5.76 Å². The molecule has 0 spiro atoms. The van der Waals surface area contributed by atoms with E-state index in [9.17, 15) is 24.8 Å². The summed E-state index contributed by atoms with van der Waals surface area (Å²) in [7, 11) is 0. The second-order valence-corrected chi connectivity index (χ2v) is 8.87. The van der Waals surface area contributed by atoms with Gasteiger partial charge in [-0.3, -0.25) is 24.7 Å². The Morgan fingerprint density at radius 2 is 1.89 bits per heavy atom. The quantitative estimate of drug-likeness (QED) is 0.161. The van der Waals surface area contributed by atoms with E-state index in [-0.39, 0.29) is 23.6 Å². The van der Waals surface area contributed by atoms with E-state index in [0.29, 0.717) is 35.0 Å². The number of aliphatic hydroxyl groups is 1. The number of ketones is 1. The second-order valence-electron chi connectivity index (χ2n) is 8.87. The Morgan fingerprint density at radius 1 is 1.14 bits per heavy atom. The van der Waals surface area contributed by atoms with Crippen molar-refractivity contribution >= 4 is 23.1 Å². The van der Waals surface area contributed by atoms with E-state index in [1.54, 1.807) is 54.9 Å². The molecule has 0 unspecified atom stereocenters. The Hall–Kier alpha value is -4.53. The number of benzene rings is 2. The Balaban J connectivity index is 1.79. The Morgan fingerprint density at radius 3 is 2.53 bits per heavy atom. The van der Waals surface area contributed by atoms with Crippen LogP contribution in [0.1, 0.15) is 36.6 Å². The number of aliphatic hydroxyl groups excluding tert-OH is 1. The Labute approximate surface area is 207 Å². The summed E-state index contributed by atoms with van der Waals surface area (Å²) < 4.78 is 5.68. The van der Waals surface area contributed by atoms with Crippen molar-refractivity contribution in [2.24, 2.45) is 5.92 Å². The van der Waals surface area contributed by atoms with Crippen LogP contribution >= 0.6 is 0 Å². The molecule has 0 bridgehead atoms. The number of aromatic nitrogens is 1. The third-order valence-corrected chi connectivity index (χ3v) is 5.72. The van der Waals surface area contributed by atoms with E-state index < -0.39 is 22.7 Å². The van der Waals surface area contributed by atoms with Crippen molar-refractivity contribution < 1.29 is 24.4 Å². The van der Waals surface area contributed by atoms with Gasteiger partial charge in [-0.05, 0) is 47.4 Å². The van der Waals surface area contributed by atoms with Gasteiger partial charge in [0, 0.05) is 36.6 Å². The lowest BCUT2D eigenvalue weighted by molar-refractivity contribution is -0.384. The molecule has 9 nitrogen and oxygen atoms in total. The summed E-state index contributed by atoms with van der Waals surface area (Å²) >= 11 is 0. The van der Waals surface area contributed by atoms with Crippen molar-refractivity contribution in [1.29, 1.82) is 0 Å². The number of non-ortho nitro benzene ring substituents is 1. The van der Waals surface area contributed by atoms with Gasteiger partial charge in [0.05, 0.1) is 23.1 Å². The molecule has 1 fully saturated rings. The van der Waals surface area contributed by atoms with Crippen LogP contribution in [-0.4, -0.2) is 38.2 Å². The first kappa shape index (κ1) is 24.6. The zero-order chi connectivity index (χ0) is 25.8. The standard InChI is InChI=1S/C27H25N3O6/c1-17(2)16-36-22-10-8-19(9-11-22)25(31)23-24(20-6-3-7-21(13-20)30(34)35)29(27(33)26(23)32)15-18-5-4-12-28-14-18/h3-14,17,24,31H,15-16H2,1-2H3/t24-/m1/s1. The third-order valence-electron chi connectivity index (χ3n) is 5.72. The van der Waals surface area contributed by atoms with Crippen molar-refractivity contribution in [3.8, 4) is 5.75 Å². The van der Waals surface area contributed by atoms with Crippen LogP contribution < -0.4 is 4.74 Å². The highest BCUT2D eigenvalue weighted by Gasteiger charge is 2.46. The van der Waals surface area contributed by atoms with Gasteiger partial charge in [-0.2, -0.15) is 0 Å². The summed E-state index contributed by atoms with van der Waals surface area (Å²) in [6.07, 6.45) is 3.16. The molecule has 1 aliphatic rings. The normalized spacial score (nSPS) is 17.0. The molecule has 36 heavy (non-hydrogen) atoms. The minimum absolute atomic E-state index is 0.0323. The third kappa shape index (κ3) is 5.10. The minimum atomic E-state index is -1.03. The molecule has 0 aliphatic carbocycles. The van der Waals surface area contributed by atoms with E-state index in [0.717, 1.165) is 0 Å². The summed E-state index contributed by atoms with van der Waals surface area (Å²) in [5, 5.41) is 22.6. The maximum absolute atomic E-state index is 13.2. The van der Waals surface area contributed by atoms with Crippen molar-refractivity contribution in [1.82, 2.24) is 9.88 Å². The van der Waals surface area contributed by atoms with E-state index >= 15 is 0 Å². The number of nitrogens with zero attached hydrogens (tertiary/aromatic N) is 3. The lowest BCUT2D eigenvalue weighted by Gasteiger charge is -2.25. The monoisotopic (exact) mass is 487 g/mol. The van der Waals surface area contributed by atoms with Gasteiger partial charge >= 0.3 is 0 Å². The van der Waals surface area contributed by atoms with Crippen molar-refractivity contribution in [2.75, 3.05) is 6.61 Å². The summed E-state index contributed by atoms with van der Waals surface area (Å²) in [5.74, 6) is -1.10. The maximum atomic E-state index is 13.2. The van der Waals surface area contributed by atoms with Crippen LogP contribution in [0, 0.1) is 16.0 Å². The highest BCUT2D eigenvalue weighted by Crippen LogP contribution is 2.41. The van der Waals surface area contributed by atoms with Crippen LogP contribution in [0.2, 0.25) is 0 Å². The predicted molar refractivity (Wildman–Crippen MR) is 132 cm³/mol. The smallest absolute Gasteiger partial charge is 0.295 e. The molecular formula is C27H25N3O6. The fourth-order valence-electron chi connectivity index (χ4n) is 4.01. The Kier molecular flexibility index (Phi) is 7.10. The number of Topliss-reactive ketones (excluding diaryl/α,β-unsaturated/α-hetero) is 1. The van der Waals surface area contributed by atoms with Gasteiger partial charge in [0.25, 0.3) is 17.4 Å². The van der Waals surface area contributed by atoms with Gasteiger partial charge in [0.1, 0.15) is 11.5 Å².